The van der Waals surface area contributed by atoms with Crippen molar-refractivity contribution < 1.29 is 9.59 Å². The van der Waals surface area contributed by atoms with Crippen LogP contribution in [0.2, 0.25) is 0 Å². The van der Waals surface area contributed by atoms with Crippen molar-refractivity contribution in [2.75, 3.05) is 42.3 Å². The number of amides is 1. The molecule has 192 valence electrons. The van der Waals surface area contributed by atoms with Gasteiger partial charge in [0, 0.05) is 67.4 Å². The Balaban J connectivity index is 1.39. The highest BCUT2D eigenvalue weighted by molar-refractivity contribution is 7.13. The van der Waals surface area contributed by atoms with Crippen molar-refractivity contribution in [3.8, 4) is 10.4 Å². The Morgan fingerprint density at radius 3 is 2.32 bits per heavy atom. The summed E-state index contributed by atoms with van der Waals surface area (Å²) in [6.45, 7) is 7.62. The van der Waals surface area contributed by atoms with E-state index in [2.05, 4.69) is 39.2 Å². The van der Waals surface area contributed by atoms with Crippen LogP contribution in [-0.2, 0) is 11.8 Å². The van der Waals surface area contributed by atoms with Gasteiger partial charge in [-0.15, -0.1) is 11.3 Å². The lowest BCUT2D eigenvalue weighted by Crippen LogP contribution is -2.31. The van der Waals surface area contributed by atoms with Crippen LogP contribution in [0.5, 0.6) is 0 Å². The van der Waals surface area contributed by atoms with Crippen LogP contribution < -0.4 is 15.1 Å². The first-order chi connectivity index (χ1) is 17.6. The van der Waals surface area contributed by atoms with E-state index in [4.69, 9.17) is 0 Å². The van der Waals surface area contributed by atoms with Gasteiger partial charge in [0.15, 0.2) is 0 Å². The van der Waals surface area contributed by atoms with Gasteiger partial charge in [0.25, 0.3) is 11.7 Å². The SMILES string of the molecule is Cc1cc(C)nc(N(C)CCN(C)c2ccc(NC(=O)C(=O)c3c(-c4cccs4)cc(C)n3C)cc2)c1. The Kier molecular flexibility index (Phi) is 7.78. The number of hydrogen-bond acceptors (Lipinski definition) is 6. The fourth-order valence-corrected chi connectivity index (χ4v) is 5.02. The zero-order valence-corrected chi connectivity index (χ0v) is 23.0. The van der Waals surface area contributed by atoms with E-state index in [0.29, 0.717) is 11.4 Å². The number of carbonyl (C=O) groups excluding carboxylic acids is 2. The number of hydrogen-bond donors (Lipinski definition) is 1. The summed E-state index contributed by atoms with van der Waals surface area (Å²) >= 11 is 1.55. The standard InChI is InChI=1S/C29H33N5O2S/c1-19-16-20(2)30-26(17-19)33(5)14-13-32(4)23-11-9-22(10-12-23)31-29(36)28(35)27-24(18-21(3)34(27)6)25-8-7-15-37-25/h7-12,15-18H,13-14H2,1-6H3,(H,31,36). The predicted octanol–water partition coefficient (Wildman–Crippen LogP) is 5.47. The summed E-state index contributed by atoms with van der Waals surface area (Å²) in [4.78, 5) is 35.9. The number of ketones is 1. The van der Waals surface area contributed by atoms with Crippen LogP contribution in [0.1, 0.15) is 27.4 Å². The maximum absolute atomic E-state index is 13.1. The molecule has 1 amide bonds. The summed E-state index contributed by atoms with van der Waals surface area (Å²) in [6.07, 6.45) is 0. The van der Waals surface area contributed by atoms with Gasteiger partial charge in [-0.1, -0.05) is 6.07 Å². The van der Waals surface area contributed by atoms with Crippen molar-refractivity contribution in [2.45, 2.75) is 20.8 Å². The summed E-state index contributed by atoms with van der Waals surface area (Å²) in [5.74, 6) is -0.241. The Morgan fingerprint density at radius 1 is 0.973 bits per heavy atom. The normalized spacial score (nSPS) is 10.9. The zero-order chi connectivity index (χ0) is 26.7. The van der Waals surface area contributed by atoms with Crippen molar-refractivity contribution in [3.63, 3.8) is 0 Å². The first-order valence-corrected chi connectivity index (χ1v) is 13.1. The van der Waals surface area contributed by atoms with E-state index in [1.165, 1.54) is 5.56 Å². The lowest BCUT2D eigenvalue weighted by Gasteiger charge is -2.25. The number of Topliss-reactive ketones (excluding diaryl/α,β-unsaturated/α-hetero) is 1. The number of aromatic nitrogens is 2. The van der Waals surface area contributed by atoms with Gasteiger partial charge in [0.1, 0.15) is 11.5 Å². The third-order valence-electron chi connectivity index (χ3n) is 6.49. The second kappa shape index (κ2) is 11.0. The van der Waals surface area contributed by atoms with Gasteiger partial charge in [-0.05, 0) is 80.2 Å². The van der Waals surface area contributed by atoms with Gasteiger partial charge in [0.2, 0.25) is 0 Å². The van der Waals surface area contributed by atoms with E-state index in [0.717, 1.165) is 46.4 Å². The molecular weight excluding hydrogens is 482 g/mol. The Hall–Kier alpha value is -3.91. The summed E-state index contributed by atoms with van der Waals surface area (Å²) in [6, 6.07) is 17.5. The number of rotatable bonds is 9. The molecule has 0 bridgehead atoms. The van der Waals surface area contributed by atoms with Gasteiger partial charge in [0.05, 0.1) is 0 Å². The van der Waals surface area contributed by atoms with Crippen LogP contribution in [0.15, 0.2) is 60.0 Å². The number of carbonyl (C=O) groups is 2. The molecule has 0 aliphatic rings. The third-order valence-corrected chi connectivity index (χ3v) is 7.40. The number of benzene rings is 1. The first-order valence-electron chi connectivity index (χ1n) is 12.2. The fourth-order valence-electron chi connectivity index (χ4n) is 4.28. The lowest BCUT2D eigenvalue weighted by molar-refractivity contribution is -0.112. The largest absolute Gasteiger partial charge is 0.373 e. The van der Waals surface area contributed by atoms with E-state index in [1.54, 1.807) is 15.9 Å². The highest BCUT2D eigenvalue weighted by Gasteiger charge is 2.25. The van der Waals surface area contributed by atoms with Crippen LogP contribution in [-0.4, -0.2) is 48.4 Å². The smallest absolute Gasteiger partial charge is 0.298 e. The van der Waals surface area contributed by atoms with E-state index in [-0.39, 0.29) is 0 Å². The molecule has 0 fully saturated rings. The molecule has 0 spiro atoms. The minimum absolute atomic E-state index is 0.399. The van der Waals surface area contributed by atoms with Crippen molar-refractivity contribution in [3.05, 3.63) is 82.6 Å². The minimum atomic E-state index is -0.650. The number of nitrogens with zero attached hydrogens (tertiary/aromatic N) is 4. The molecule has 0 saturated heterocycles. The van der Waals surface area contributed by atoms with E-state index in [9.17, 15) is 9.59 Å². The van der Waals surface area contributed by atoms with Crippen molar-refractivity contribution >= 4 is 40.2 Å². The third kappa shape index (κ3) is 5.91. The molecule has 3 heterocycles. The quantitative estimate of drug-likeness (QED) is 0.237. The minimum Gasteiger partial charge on any atom is -0.373 e. The van der Waals surface area contributed by atoms with E-state index < -0.39 is 11.7 Å². The Bertz CT molecular complexity index is 1390. The van der Waals surface area contributed by atoms with E-state index in [1.807, 2.05) is 82.8 Å². The summed E-state index contributed by atoms with van der Waals surface area (Å²) in [7, 11) is 5.89. The second-order valence-corrected chi connectivity index (χ2v) is 10.3. The molecule has 37 heavy (non-hydrogen) atoms. The monoisotopic (exact) mass is 515 g/mol. The molecule has 1 N–H and O–H groups in total. The number of anilines is 3. The van der Waals surface area contributed by atoms with Gasteiger partial charge in [-0.2, -0.15) is 0 Å². The second-order valence-electron chi connectivity index (χ2n) is 9.40. The lowest BCUT2D eigenvalue weighted by atomic mass is 10.1. The molecule has 0 aliphatic carbocycles. The van der Waals surface area contributed by atoms with Crippen molar-refractivity contribution in [2.24, 2.45) is 7.05 Å². The van der Waals surface area contributed by atoms with Crippen LogP contribution in [0.4, 0.5) is 17.2 Å². The molecule has 3 aromatic heterocycles. The Morgan fingerprint density at radius 2 is 1.68 bits per heavy atom. The maximum atomic E-state index is 13.1. The maximum Gasteiger partial charge on any atom is 0.298 e. The number of pyridine rings is 1. The van der Waals surface area contributed by atoms with Crippen LogP contribution in [0.3, 0.4) is 0 Å². The fraction of sp³-hybridized carbons (Fsp3) is 0.276. The average Bonchev–Trinajstić information content (AvgIpc) is 3.50. The molecule has 8 heteroatoms. The summed E-state index contributed by atoms with van der Waals surface area (Å²) in [5, 5.41) is 4.73. The van der Waals surface area contributed by atoms with Crippen molar-refractivity contribution in [1.29, 1.82) is 0 Å². The Labute approximate surface area is 222 Å². The highest BCUT2D eigenvalue weighted by Crippen LogP contribution is 2.31. The molecule has 0 aliphatic heterocycles. The number of likely N-dealkylation sites (N-methyl/N-ethyl adjacent to an activating group) is 2. The van der Waals surface area contributed by atoms with Crippen LogP contribution in [0, 0.1) is 20.8 Å². The molecule has 0 saturated carbocycles. The number of aryl methyl sites for hydroxylation is 3. The van der Waals surface area contributed by atoms with Crippen LogP contribution in [0.25, 0.3) is 10.4 Å². The van der Waals surface area contributed by atoms with E-state index >= 15 is 0 Å². The predicted molar refractivity (Wildman–Crippen MR) is 153 cm³/mol. The van der Waals surface area contributed by atoms with Gasteiger partial charge >= 0.3 is 0 Å². The molecule has 7 nitrogen and oxygen atoms in total. The number of thiophene rings is 1. The molecular formula is C29H33N5O2S. The van der Waals surface area contributed by atoms with Crippen LogP contribution >= 0.6 is 11.3 Å². The topological polar surface area (TPSA) is 70.5 Å². The molecule has 1 aromatic carbocycles. The molecule has 4 aromatic rings. The highest BCUT2D eigenvalue weighted by atomic mass is 32.1. The molecule has 0 unspecified atom stereocenters. The van der Waals surface area contributed by atoms with Gasteiger partial charge in [-0.25, -0.2) is 4.98 Å². The molecule has 4 rings (SSSR count). The summed E-state index contributed by atoms with van der Waals surface area (Å²) < 4.78 is 1.78. The molecule has 0 atom stereocenters. The summed E-state index contributed by atoms with van der Waals surface area (Å²) in [5.41, 5.74) is 5.91. The van der Waals surface area contributed by atoms with Gasteiger partial charge in [-0.3, -0.25) is 9.59 Å². The average molecular weight is 516 g/mol. The van der Waals surface area contributed by atoms with Crippen molar-refractivity contribution in [1.82, 2.24) is 9.55 Å². The first kappa shape index (κ1) is 26.2. The molecule has 0 radical (unpaired) electrons. The van der Waals surface area contributed by atoms with Gasteiger partial charge < -0.3 is 19.7 Å². The number of nitrogens with one attached hydrogen (secondary N) is 1. The zero-order valence-electron chi connectivity index (χ0n) is 22.2.